The normalized spacial score (nSPS) is 24.4. The molecule has 0 N–H and O–H groups in total. The zero-order chi connectivity index (χ0) is 23.0. The second kappa shape index (κ2) is 9.25. The van der Waals surface area contributed by atoms with Gasteiger partial charge in [-0.25, -0.2) is 8.42 Å². The average Bonchev–Trinajstić information content (AvgIpc) is 3.25. The van der Waals surface area contributed by atoms with Gasteiger partial charge in [-0.2, -0.15) is 4.31 Å². The molecule has 8 nitrogen and oxygen atoms in total. The number of rotatable bonds is 4. The summed E-state index contributed by atoms with van der Waals surface area (Å²) >= 11 is 0. The lowest BCUT2D eigenvalue weighted by molar-refractivity contribution is -0.131. The highest BCUT2D eigenvalue weighted by Gasteiger charge is 2.41. The highest BCUT2D eigenvalue weighted by Crippen LogP contribution is 2.41. The predicted octanol–water partition coefficient (Wildman–Crippen LogP) is 2.58. The zero-order valence-corrected chi connectivity index (χ0v) is 20.1. The summed E-state index contributed by atoms with van der Waals surface area (Å²) in [6.07, 6.45) is 8.73. The van der Waals surface area contributed by atoms with E-state index in [1.807, 2.05) is 11.0 Å². The second-order valence-corrected chi connectivity index (χ2v) is 11.6. The average molecular weight is 475 g/mol. The van der Waals surface area contributed by atoms with Gasteiger partial charge in [-0.1, -0.05) is 12.8 Å². The van der Waals surface area contributed by atoms with Crippen LogP contribution in [-0.4, -0.2) is 74.7 Å². The molecule has 0 aliphatic carbocycles. The first-order valence-electron chi connectivity index (χ1n) is 12.5. The van der Waals surface area contributed by atoms with Gasteiger partial charge in [0.25, 0.3) is 0 Å². The molecule has 33 heavy (non-hydrogen) atoms. The summed E-state index contributed by atoms with van der Waals surface area (Å²) in [6, 6.07) is 4.86. The Morgan fingerprint density at radius 2 is 1.52 bits per heavy atom. The highest BCUT2D eigenvalue weighted by atomic mass is 32.2. The molecule has 3 fully saturated rings. The van der Waals surface area contributed by atoms with Crippen LogP contribution in [-0.2, 0) is 19.6 Å². The lowest BCUT2D eigenvalue weighted by Gasteiger charge is -2.45. The van der Waals surface area contributed by atoms with E-state index in [1.54, 1.807) is 17.0 Å². The van der Waals surface area contributed by atoms with Gasteiger partial charge in [0.2, 0.25) is 21.8 Å². The summed E-state index contributed by atoms with van der Waals surface area (Å²) in [5, 5.41) is 0. The SMILES string of the molecule is O=C(CN1C(=O)[C@@H]2CCCCN2c2ccc(S(=O)(=O)N3CCCC3)cc21)N1CCCCCC1. The van der Waals surface area contributed by atoms with E-state index in [-0.39, 0.29) is 29.3 Å². The van der Waals surface area contributed by atoms with Crippen molar-refractivity contribution in [3.63, 3.8) is 0 Å². The van der Waals surface area contributed by atoms with Gasteiger partial charge in [-0.05, 0) is 63.1 Å². The standard InChI is InChI=1S/C24H34N4O4S/c29-23(25-12-4-1-2-5-13-25)18-28-22-17-19(33(31,32)26-14-7-8-15-26)10-11-20(22)27-16-6-3-9-21(27)24(28)30/h10-11,17,21H,1-9,12-16,18H2/t21-/m0/s1. The fraction of sp³-hybridized carbons (Fsp3) is 0.667. The molecule has 0 spiro atoms. The molecule has 180 valence electrons. The van der Waals surface area contributed by atoms with Crippen molar-refractivity contribution in [2.24, 2.45) is 0 Å². The number of hydrogen-bond donors (Lipinski definition) is 0. The van der Waals surface area contributed by atoms with Crippen molar-refractivity contribution in [1.82, 2.24) is 9.21 Å². The van der Waals surface area contributed by atoms with Crippen LogP contribution in [0, 0.1) is 0 Å². The number of fused-ring (bicyclic) bond motifs is 3. The third-order valence-corrected chi connectivity index (χ3v) is 9.45. The third-order valence-electron chi connectivity index (χ3n) is 7.56. The Morgan fingerprint density at radius 3 is 2.24 bits per heavy atom. The third kappa shape index (κ3) is 4.25. The van der Waals surface area contributed by atoms with E-state index in [0.29, 0.717) is 18.8 Å². The van der Waals surface area contributed by atoms with Gasteiger partial charge in [0.15, 0.2) is 0 Å². The lowest BCUT2D eigenvalue weighted by atomic mass is 9.96. The van der Waals surface area contributed by atoms with E-state index < -0.39 is 10.0 Å². The maximum absolute atomic E-state index is 13.6. The molecule has 4 aliphatic rings. The zero-order valence-electron chi connectivity index (χ0n) is 19.2. The van der Waals surface area contributed by atoms with Crippen molar-refractivity contribution in [3.05, 3.63) is 18.2 Å². The molecule has 2 amide bonds. The number of amides is 2. The number of sulfonamides is 1. The van der Waals surface area contributed by atoms with Crippen molar-refractivity contribution < 1.29 is 18.0 Å². The molecule has 0 unspecified atom stereocenters. The molecule has 1 aromatic carbocycles. The number of carbonyl (C=O) groups excluding carboxylic acids is 2. The van der Waals surface area contributed by atoms with E-state index in [4.69, 9.17) is 0 Å². The molecule has 0 bridgehead atoms. The minimum absolute atomic E-state index is 0.0244. The maximum atomic E-state index is 13.6. The number of piperidine rings is 1. The lowest BCUT2D eigenvalue weighted by Crippen LogP contribution is -2.57. The van der Waals surface area contributed by atoms with Crippen molar-refractivity contribution in [1.29, 1.82) is 0 Å². The quantitative estimate of drug-likeness (QED) is 0.670. The van der Waals surface area contributed by atoms with E-state index in [0.717, 1.165) is 83.1 Å². The van der Waals surface area contributed by atoms with Gasteiger partial charge < -0.3 is 9.80 Å². The van der Waals surface area contributed by atoms with Crippen molar-refractivity contribution in [2.45, 2.75) is 68.7 Å². The molecule has 0 radical (unpaired) electrons. The number of nitrogens with zero attached hydrogens (tertiary/aromatic N) is 4. The Morgan fingerprint density at radius 1 is 0.848 bits per heavy atom. The first kappa shape index (κ1) is 22.7. The summed E-state index contributed by atoms with van der Waals surface area (Å²) < 4.78 is 28.0. The Balaban J connectivity index is 1.50. The fourth-order valence-corrected chi connectivity index (χ4v) is 7.23. The molecule has 0 saturated carbocycles. The van der Waals surface area contributed by atoms with Crippen LogP contribution in [0.1, 0.15) is 57.8 Å². The molecule has 5 rings (SSSR count). The monoisotopic (exact) mass is 474 g/mol. The van der Waals surface area contributed by atoms with E-state index in [1.165, 1.54) is 4.31 Å². The summed E-state index contributed by atoms with van der Waals surface area (Å²) in [5.74, 6) is -0.130. The molecule has 3 saturated heterocycles. The fourth-order valence-electron chi connectivity index (χ4n) is 5.69. The minimum atomic E-state index is -3.61. The smallest absolute Gasteiger partial charge is 0.250 e. The van der Waals surface area contributed by atoms with Crippen LogP contribution in [0.5, 0.6) is 0 Å². The Labute approximate surface area is 196 Å². The van der Waals surface area contributed by atoms with Crippen LogP contribution >= 0.6 is 0 Å². The topological polar surface area (TPSA) is 81.2 Å². The van der Waals surface area contributed by atoms with Crippen molar-refractivity contribution >= 4 is 33.2 Å². The second-order valence-electron chi connectivity index (χ2n) is 9.69. The number of carbonyl (C=O) groups is 2. The van der Waals surface area contributed by atoms with Crippen LogP contribution < -0.4 is 9.80 Å². The Kier molecular flexibility index (Phi) is 6.35. The first-order chi connectivity index (χ1) is 16.0. The van der Waals surface area contributed by atoms with Crippen LogP contribution in [0.2, 0.25) is 0 Å². The van der Waals surface area contributed by atoms with Crippen LogP contribution in [0.4, 0.5) is 11.4 Å². The van der Waals surface area contributed by atoms with Gasteiger partial charge in [-0.3, -0.25) is 14.5 Å². The van der Waals surface area contributed by atoms with Gasteiger partial charge in [0.1, 0.15) is 12.6 Å². The number of hydrogen-bond acceptors (Lipinski definition) is 5. The van der Waals surface area contributed by atoms with Crippen LogP contribution in [0.3, 0.4) is 0 Å². The van der Waals surface area contributed by atoms with Crippen molar-refractivity contribution in [2.75, 3.05) is 49.1 Å². The van der Waals surface area contributed by atoms with E-state index in [2.05, 4.69) is 4.90 Å². The largest absolute Gasteiger partial charge is 0.358 e. The van der Waals surface area contributed by atoms with Gasteiger partial charge >= 0.3 is 0 Å². The minimum Gasteiger partial charge on any atom is -0.358 e. The predicted molar refractivity (Wildman–Crippen MR) is 127 cm³/mol. The van der Waals surface area contributed by atoms with E-state index in [9.17, 15) is 18.0 Å². The molecule has 1 atom stereocenters. The summed E-state index contributed by atoms with van der Waals surface area (Å²) in [4.78, 5) is 32.6. The molecule has 1 aromatic rings. The molecule has 0 aromatic heterocycles. The molecule has 4 aliphatic heterocycles. The van der Waals surface area contributed by atoms with E-state index >= 15 is 0 Å². The first-order valence-corrected chi connectivity index (χ1v) is 13.9. The molecule has 9 heteroatoms. The molecule has 4 heterocycles. The number of benzene rings is 1. The van der Waals surface area contributed by atoms with Crippen LogP contribution in [0.15, 0.2) is 23.1 Å². The summed E-state index contributed by atoms with van der Waals surface area (Å²) in [7, 11) is -3.61. The van der Waals surface area contributed by atoms with Crippen molar-refractivity contribution in [3.8, 4) is 0 Å². The molecular weight excluding hydrogens is 440 g/mol. The number of anilines is 2. The van der Waals surface area contributed by atoms with Crippen LogP contribution in [0.25, 0.3) is 0 Å². The highest BCUT2D eigenvalue weighted by molar-refractivity contribution is 7.89. The molecular formula is C24H34N4O4S. The Hall–Kier alpha value is -2.13. The Bertz CT molecular complexity index is 1010. The summed E-state index contributed by atoms with van der Waals surface area (Å²) in [6.45, 7) is 3.27. The van der Waals surface area contributed by atoms with Gasteiger partial charge in [0, 0.05) is 32.7 Å². The number of likely N-dealkylation sites (tertiary alicyclic amines) is 1. The van der Waals surface area contributed by atoms with Gasteiger partial charge in [-0.15, -0.1) is 0 Å². The van der Waals surface area contributed by atoms with Gasteiger partial charge in [0.05, 0.1) is 16.3 Å². The maximum Gasteiger partial charge on any atom is 0.250 e. The summed E-state index contributed by atoms with van der Waals surface area (Å²) in [5.41, 5.74) is 1.42.